The second-order valence-corrected chi connectivity index (χ2v) is 3.51. The molecule has 5 nitrogen and oxygen atoms in total. The number of benzene rings is 1. The van der Waals surface area contributed by atoms with E-state index in [4.69, 9.17) is 4.84 Å². The van der Waals surface area contributed by atoms with Gasteiger partial charge in [0, 0.05) is 0 Å². The molecule has 1 rings (SSSR count). The molecule has 0 atom stereocenters. The fraction of sp³-hybridized carbons (Fsp3) is 0.333. The maximum atomic E-state index is 11.4. The van der Waals surface area contributed by atoms with Gasteiger partial charge in [0.15, 0.2) is 0 Å². The van der Waals surface area contributed by atoms with Crippen molar-refractivity contribution in [2.24, 2.45) is 5.16 Å². The van der Waals surface area contributed by atoms with Crippen molar-refractivity contribution in [2.75, 3.05) is 7.11 Å². The highest BCUT2D eigenvalue weighted by atomic mass is 16.7. The van der Waals surface area contributed by atoms with Crippen LogP contribution in [0.25, 0.3) is 0 Å². The van der Waals surface area contributed by atoms with E-state index in [2.05, 4.69) is 15.5 Å². The average molecular weight is 236 g/mol. The number of aryl methyl sites for hydroxylation is 1. The summed E-state index contributed by atoms with van der Waals surface area (Å²) in [4.78, 5) is 20.9. The third-order valence-corrected chi connectivity index (χ3v) is 2.21. The zero-order valence-corrected chi connectivity index (χ0v) is 10.2. The van der Waals surface area contributed by atoms with E-state index in [1.807, 2.05) is 31.2 Å². The van der Waals surface area contributed by atoms with Crippen molar-refractivity contribution in [3.05, 3.63) is 35.4 Å². The second kappa shape index (κ2) is 6.65. The molecule has 0 heterocycles. The van der Waals surface area contributed by atoms with E-state index < -0.39 is 5.91 Å². The van der Waals surface area contributed by atoms with Gasteiger partial charge in [-0.2, -0.15) is 0 Å². The van der Waals surface area contributed by atoms with Crippen molar-refractivity contribution in [1.82, 2.24) is 5.48 Å². The number of hydrogen-bond acceptors (Lipinski definition) is 4. The SMILES string of the molecule is CO/N=C(\C)C(=O)NOCc1ccccc1C. The number of hydrogen-bond donors (Lipinski definition) is 1. The van der Waals surface area contributed by atoms with Gasteiger partial charge in [-0.05, 0) is 25.0 Å². The van der Waals surface area contributed by atoms with Crippen LogP contribution in [0.3, 0.4) is 0 Å². The molecule has 0 aliphatic heterocycles. The Bertz CT molecular complexity index is 416. The molecule has 0 spiro atoms. The number of amides is 1. The first-order valence-corrected chi connectivity index (χ1v) is 5.19. The molecule has 0 bridgehead atoms. The summed E-state index contributed by atoms with van der Waals surface area (Å²) in [5.41, 5.74) is 4.64. The van der Waals surface area contributed by atoms with Gasteiger partial charge >= 0.3 is 0 Å². The molecule has 1 aromatic rings. The molecule has 0 aromatic heterocycles. The van der Waals surface area contributed by atoms with Gasteiger partial charge in [0.25, 0.3) is 5.91 Å². The summed E-state index contributed by atoms with van der Waals surface area (Å²) >= 11 is 0. The predicted octanol–water partition coefficient (Wildman–Crippen LogP) is 1.57. The summed E-state index contributed by atoms with van der Waals surface area (Å²) in [5.74, 6) is -0.416. The Morgan fingerprint density at radius 3 is 2.76 bits per heavy atom. The number of rotatable bonds is 5. The number of nitrogens with one attached hydrogen (secondary N) is 1. The Morgan fingerprint density at radius 1 is 1.41 bits per heavy atom. The van der Waals surface area contributed by atoms with Gasteiger partial charge in [0.05, 0.1) is 0 Å². The molecule has 0 saturated heterocycles. The minimum Gasteiger partial charge on any atom is -0.399 e. The van der Waals surface area contributed by atoms with Crippen LogP contribution in [0.4, 0.5) is 0 Å². The lowest BCUT2D eigenvalue weighted by Gasteiger charge is -2.07. The quantitative estimate of drug-likeness (QED) is 0.623. The molecule has 0 radical (unpaired) electrons. The standard InChI is InChI=1S/C12H16N2O3/c1-9-6-4-5-7-11(9)8-17-14-12(15)10(2)13-16-3/h4-7H,8H2,1-3H3,(H,14,15)/b13-10+. The molecule has 0 unspecified atom stereocenters. The molecule has 0 aliphatic carbocycles. The lowest BCUT2D eigenvalue weighted by Crippen LogP contribution is -2.29. The second-order valence-electron chi connectivity index (χ2n) is 3.51. The Kier molecular flexibility index (Phi) is 5.16. The summed E-state index contributed by atoms with van der Waals surface area (Å²) in [6.45, 7) is 3.84. The van der Waals surface area contributed by atoms with Gasteiger partial charge in [-0.3, -0.25) is 9.63 Å². The van der Waals surface area contributed by atoms with Crippen molar-refractivity contribution < 1.29 is 14.5 Å². The van der Waals surface area contributed by atoms with Crippen molar-refractivity contribution in [1.29, 1.82) is 0 Å². The Hall–Kier alpha value is -1.88. The van der Waals surface area contributed by atoms with Crippen LogP contribution in [0.15, 0.2) is 29.4 Å². The topological polar surface area (TPSA) is 59.9 Å². The van der Waals surface area contributed by atoms with Gasteiger partial charge in [0.1, 0.15) is 19.4 Å². The van der Waals surface area contributed by atoms with E-state index in [9.17, 15) is 4.79 Å². The predicted molar refractivity (Wildman–Crippen MR) is 64.2 cm³/mol. The van der Waals surface area contributed by atoms with Gasteiger partial charge in [-0.15, -0.1) is 0 Å². The van der Waals surface area contributed by atoms with Crippen molar-refractivity contribution in [2.45, 2.75) is 20.5 Å². The molecular formula is C12H16N2O3. The first kappa shape index (κ1) is 13.2. The van der Waals surface area contributed by atoms with Crippen LogP contribution in [0.2, 0.25) is 0 Å². The molecule has 1 amide bonds. The lowest BCUT2D eigenvalue weighted by atomic mass is 10.1. The first-order valence-electron chi connectivity index (χ1n) is 5.19. The summed E-state index contributed by atoms with van der Waals surface area (Å²) in [5, 5.41) is 3.49. The van der Waals surface area contributed by atoms with Gasteiger partial charge < -0.3 is 4.84 Å². The van der Waals surface area contributed by atoms with E-state index in [-0.39, 0.29) is 5.71 Å². The highest BCUT2D eigenvalue weighted by molar-refractivity contribution is 6.37. The molecule has 5 heteroatoms. The van der Waals surface area contributed by atoms with Crippen LogP contribution < -0.4 is 5.48 Å². The van der Waals surface area contributed by atoms with Crippen molar-refractivity contribution in [3.63, 3.8) is 0 Å². The molecule has 92 valence electrons. The van der Waals surface area contributed by atoms with Crippen LogP contribution in [0.1, 0.15) is 18.1 Å². The van der Waals surface area contributed by atoms with E-state index in [0.717, 1.165) is 11.1 Å². The number of oxime groups is 1. The summed E-state index contributed by atoms with van der Waals surface area (Å²) in [6.07, 6.45) is 0. The van der Waals surface area contributed by atoms with Crippen molar-refractivity contribution >= 4 is 11.6 Å². The zero-order valence-electron chi connectivity index (χ0n) is 10.2. The van der Waals surface area contributed by atoms with Gasteiger partial charge in [0.2, 0.25) is 0 Å². The van der Waals surface area contributed by atoms with E-state index in [1.54, 1.807) is 0 Å². The maximum Gasteiger partial charge on any atom is 0.292 e. The molecule has 17 heavy (non-hydrogen) atoms. The third kappa shape index (κ3) is 4.24. The third-order valence-electron chi connectivity index (χ3n) is 2.21. The van der Waals surface area contributed by atoms with Crippen molar-refractivity contribution in [3.8, 4) is 0 Å². The van der Waals surface area contributed by atoms with Gasteiger partial charge in [-0.1, -0.05) is 29.4 Å². The highest BCUT2D eigenvalue weighted by Gasteiger charge is 2.06. The minimum atomic E-state index is -0.416. The molecular weight excluding hydrogens is 220 g/mol. The van der Waals surface area contributed by atoms with Crippen LogP contribution in [0, 0.1) is 6.92 Å². The maximum absolute atomic E-state index is 11.4. The fourth-order valence-electron chi connectivity index (χ4n) is 1.20. The summed E-state index contributed by atoms with van der Waals surface area (Å²) < 4.78 is 0. The molecule has 1 aromatic carbocycles. The minimum absolute atomic E-state index is 0.206. The van der Waals surface area contributed by atoms with Crippen LogP contribution in [-0.4, -0.2) is 18.7 Å². The Morgan fingerprint density at radius 2 is 2.12 bits per heavy atom. The number of carbonyl (C=O) groups is 1. The van der Waals surface area contributed by atoms with Crippen LogP contribution in [0.5, 0.6) is 0 Å². The van der Waals surface area contributed by atoms with E-state index in [1.165, 1.54) is 14.0 Å². The lowest BCUT2D eigenvalue weighted by molar-refractivity contribution is -0.127. The highest BCUT2D eigenvalue weighted by Crippen LogP contribution is 2.07. The molecule has 0 fully saturated rings. The number of nitrogens with zero attached hydrogens (tertiary/aromatic N) is 1. The summed E-state index contributed by atoms with van der Waals surface area (Å²) in [6, 6.07) is 7.80. The average Bonchev–Trinajstić information content (AvgIpc) is 2.31. The number of hydroxylamine groups is 1. The van der Waals surface area contributed by atoms with E-state index in [0.29, 0.717) is 6.61 Å². The first-order chi connectivity index (χ1) is 8.15. The van der Waals surface area contributed by atoms with Crippen LogP contribution >= 0.6 is 0 Å². The van der Waals surface area contributed by atoms with Crippen LogP contribution in [-0.2, 0) is 21.1 Å². The van der Waals surface area contributed by atoms with Gasteiger partial charge in [-0.25, -0.2) is 5.48 Å². The summed E-state index contributed by atoms with van der Waals surface area (Å²) in [7, 11) is 1.38. The Balaban J connectivity index is 2.41. The zero-order chi connectivity index (χ0) is 12.7. The monoisotopic (exact) mass is 236 g/mol. The molecule has 1 N–H and O–H groups in total. The Labute approximate surface area is 100 Å². The van der Waals surface area contributed by atoms with E-state index >= 15 is 0 Å². The molecule has 0 aliphatic rings. The smallest absolute Gasteiger partial charge is 0.292 e. The molecule has 0 saturated carbocycles. The largest absolute Gasteiger partial charge is 0.399 e. The number of carbonyl (C=O) groups excluding carboxylic acids is 1. The fourth-order valence-corrected chi connectivity index (χ4v) is 1.20. The normalized spacial score (nSPS) is 11.1.